The number of nitrogens with one attached hydrogen (secondary N) is 1. The van der Waals surface area contributed by atoms with Crippen LogP contribution in [0.1, 0.15) is 17.0 Å². The molecule has 1 amide bonds. The molecule has 0 spiro atoms. The van der Waals surface area contributed by atoms with Crippen molar-refractivity contribution in [2.24, 2.45) is 7.05 Å². The van der Waals surface area contributed by atoms with Gasteiger partial charge in [-0.1, -0.05) is 48.2 Å². The van der Waals surface area contributed by atoms with Crippen molar-refractivity contribution in [2.45, 2.75) is 18.5 Å². The van der Waals surface area contributed by atoms with Gasteiger partial charge in [0.1, 0.15) is 11.6 Å². The summed E-state index contributed by atoms with van der Waals surface area (Å²) in [5.74, 6) is 1.61. The number of amides is 1. The van der Waals surface area contributed by atoms with Gasteiger partial charge >= 0.3 is 0 Å². The number of anilines is 1. The Labute approximate surface area is 150 Å². The Morgan fingerprint density at radius 2 is 1.96 bits per heavy atom. The number of aromatic nitrogens is 4. The summed E-state index contributed by atoms with van der Waals surface area (Å²) < 4.78 is 1.93. The van der Waals surface area contributed by atoms with Gasteiger partial charge in [0.15, 0.2) is 5.16 Å². The minimum Gasteiger partial charge on any atom is -0.310 e. The highest BCUT2D eigenvalue weighted by Crippen LogP contribution is 2.18. The molecular formula is C18H19N5OS. The molecule has 2 heterocycles. The number of hydrogen-bond acceptors (Lipinski definition) is 5. The molecule has 0 aliphatic heterocycles. The largest absolute Gasteiger partial charge is 0.310 e. The molecule has 0 aliphatic carbocycles. The number of benzene rings is 1. The molecule has 7 heteroatoms. The lowest BCUT2D eigenvalue weighted by molar-refractivity contribution is -0.113. The maximum Gasteiger partial charge on any atom is 0.236 e. The molecule has 1 N–H and O–H groups in total. The van der Waals surface area contributed by atoms with Crippen molar-refractivity contribution in [3.8, 4) is 0 Å². The highest BCUT2D eigenvalue weighted by Gasteiger charge is 2.12. The fourth-order valence-corrected chi connectivity index (χ4v) is 3.05. The van der Waals surface area contributed by atoms with Gasteiger partial charge in [-0.05, 0) is 24.1 Å². The summed E-state index contributed by atoms with van der Waals surface area (Å²) in [5, 5.41) is 12.0. The Morgan fingerprint density at radius 1 is 1.16 bits per heavy atom. The predicted molar refractivity (Wildman–Crippen MR) is 98.6 cm³/mol. The van der Waals surface area contributed by atoms with E-state index in [4.69, 9.17) is 0 Å². The average molecular weight is 353 g/mol. The number of carbonyl (C=O) groups excluding carboxylic acids is 1. The first-order valence-corrected chi connectivity index (χ1v) is 8.88. The number of hydrogen-bond donors (Lipinski definition) is 1. The van der Waals surface area contributed by atoms with Crippen LogP contribution in [0.3, 0.4) is 0 Å². The molecule has 25 heavy (non-hydrogen) atoms. The van der Waals surface area contributed by atoms with E-state index in [0.29, 0.717) is 12.2 Å². The molecule has 0 unspecified atom stereocenters. The lowest BCUT2D eigenvalue weighted by atomic mass is 10.1. The van der Waals surface area contributed by atoms with Crippen molar-refractivity contribution in [2.75, 3.05) is 11.1 Å². The minimum atomic E-state index is -0.112. The second-order valence-electron chi connectivity index (χ2n) is 5.63. The monoisotopic (exact) mass is 353 g/mol. The topological polar surface area (TPSA) is 72.7 Å². The Morgan fingerprint density at radius 3 is 2.72 bits per heavy atom. The van der Waals surface area contributed by atoms with E-state index in [1.54, 1.807) is 6.20 Å². The molecule has 0 atom stereocenters. The van der Waals surface area contributed by atoms with E-state index in [1.165, 1.54) is 17.3 Å². The van der Waals surface area contributed by atoms with Crippen molar-refractivity contribution < 1.29 is 4.79 Å². The quantitative estimate of drug-likeness (QED) is 0.690. The maximum atomic E-state index is 12.1. The molecule has 3 rings (SSSR count). The molecule has 0 fully saturated rings. The Balaban J connectivity index is 1.58. The van der Waals surface area contributed by atoms with Gasteiger partial charge in [0, 0.05) is 19.7 Å². The Bertz CT molecular complexity index is 863. The molecule has 1 aromatic carbocycles. The van der Waals surface area contributed by atoms with Gasteiger partial charge in [-0.3, -0.25) is 4.79 Å². The Hall–Kier alpha value is -2.67. The fraction of sp³-hybridized carbons (Fsp3) is 0.222. The van der Waals surface area contributed by atoms with E-state index >= 15 is 0 Å². The van der Waals surface area contributed by atoms with Gasteiger partial charge < -0.3 is 9.88 Å². The van der Waals surface area contributed by atoms with Crippen LogP contribution in [-0.4, -0.2) is 31.4 Å². The number of aryl methyl sites for hydroxylation is 1. The predicted octanol–water partition coefficient (Wildman–Crippen LogP) is 2.84. The number of nitrogens with zero attached hydrogens (tertiary/aromatic N) is 4. The number of rotatable bonds is 6. The first kappa shape index (κ1) is 17.2. The normalized spacial score (nSPS) is 10.6. The van der Waals surface area contributed by atoms with Crippen LogP contribution in [0.5, 0.6) is 0 Å². The lowest BCUT2D eigenvalue weighted by Crippen LogP contribution is -2.16. The molecule has 2 aromatic heterocycles. The zero-order valence-corrected chi connectivity index (χ0v) is 15.0. The SMILES string of the molecule is Cc1cccnc1NC(=O)CSc1nnc(Cc2ccccc2)n1C. The van der Waals surface area contributed by atoms with Gasteiger partial charge in [-0.15, -0.1) is 10.2 Å². The van der Waals surface area contributed by atoms with E-state index in [-0.39, 0.29) is 11.7 Å². The van der Waals surface area contributed by atoms with Crippen LogP contribution in [0.2, 0.25) is 0 Å². The molecule has 0 radical (unpaired) electrons. The van der Waals surface area contributed by atoms with Crippen molar-refractivity contribution in [1.82, 2.24) is 19.7 Å². The number of thioether (sulfide) groups is 1. The maximum absolute atomic E-state index is 12.1. The van der Waals surface area contributed by atoms with Gasteiger partial charge in [0.05, 0.1) is 5.75 Å². The summed E-state index contributed by atoms with van der Waals surface area (Å²) in [7, 11) is 1.92. The van der Waals surface area contributed by atoms with E-state index in [0.717, 1.165) is 16.5 Å². The Kier molecular flexibility index (Phi) is 5.45. The zero-order chi connectivity index (χ0) is 17.6. The second-order valence-corrected chi connectivity index (χ2v) is 6.57. The van der Waals surface area contributed by atoms with Gasteiger partial charge in [-0.2, -0.15) is 0 Å². The first-order chi connectivity index (χ1) is 12.1. The van der Waals surface area contributed by atoms with Crippen LogP contribution < -0.4 is 5.32 Å². The minimum absolute atomic E-state index is 0.112. The highest BCUT2D eigenvalue weighted by atomic mass is 32.2. The summed E-state index contributed by atoms with van der Waals surface area (Å²) in [6.07, 6.45) is 2.37. The molecule has 0 bridgehead atoms. The average Bonchev–Trinajstić information content (AvgIpc) is 2.96. The van der Waals surface area contributed by atoms with Crippen LogP contribution in [0.25, 0.3) is 0 Å². The molecular weight excluding hydrogens is 334 g/mol. The molecule has 0 saturated carbocycles. The van der Waals surface area contributed by atoms with Crippen molar-refractivity contribution in [1.29, 1.82) is 0 Å². The van der Waals surface area contributed by atoms with E-state index in [9.17, 15) is 4.79 Å². The number of carbonyl (C=O) groups is 1. The third kappa shape index (κ3) is 4.45. The molecule has 0 saturated heterocycles. The zero-order valence-electron chi connectivity index (χ0n) is 14.1. The summed E-state index contributed by atoms with van der Waals surface area (Å²) in [5.41, 5.74) is 2.11. The second kappa shape index (κ2) is 7.94. The molecule has 128 valence electrons. The highest BCUT2D eigenvalue weighted by molar-refractivity contribution is 7.99. The van der Waals surface area contributed by atoms with E-state index < -0.39 is 0 Å². The van der Waals surface area contributed by atoms with Crippen LogP contribution >= 0.6 is 11.8 Å². The third-order valence-electron chi connectivity index (χ3n) is 3.73. The van der Waals surface area contributed by atoms with Crippen molar-refractivity contribution >= 4 is 23.5 Å². The van der Waals surface area contributed by atoms with Crippen molar-refractivity contribution in [3.05, 3.63) is 65.6 Å². The summed E-state index contributed by atoms with van der Waals surface area (Å²) in [6, 6.07) is 13.9. The summed E-state index contributed by atoms with van der Waals surface area (Å²) >= 11 is 1.36. The summed E-state index contributed by atoms with van der Waals surface area (Å²) in [6.45, 7) is 1.91. The van der Waals surface area contributed by atoms with Gasteiger partial charge in [-0.25, -0.2) is 4.98 Å². The van der Waals surface area contributed by atoms with Crippen LogP contribution in [0, 0.1) is 6.92 Å². The van der Waals surface area contributed by atoms with E-state index in [1.807, 2.05) is 48.9 Å². The van der Waals surface area contributed by atoms with Gasteiger partial charge in [0.2, 0.25) is 5.91 Å². The van der Waals surface area contributed by atoms with Crippen LogP contribution in [-0.2, 0) is 18.3 Å². The van der Waals surface area contributed by atoms with Crippen LogP contribution in [0.4, 0.5) is 5.82 Å². The molecule has 3 aromatic rings. The third-order valence-corrected chi connectivity index (χ3v) is 4.75. The van der Waals surface area contributed by atoms with Crippen LogP contribution in [0.15, 0.2) is 53.8 Å². The molecule has 0 aliphatic rings. The van der Waals surface area contributed by atoms with E-state index in [2.05, 4.69) is 32.6 Å². The van der Waals surface area contributed by atoms with Gasteiger partial charge in [0.25, 0.3) is 0 Å². The number of pyridine rings is 1. The fourth-order valence-electron chi connectivity index (χ4n) is 2.32. The van der Waals surface area contributed by atoms with Crippen molar-refractivity contribution in [3.63, 3.8) is 0 Å². The smallest absolute Gasteiger partial charge is 0.236 e. The molecule has 6 nitrogen and oxygen atoms in total. The standard InChI is InChI=1S/C18H19N5OS/c1-13-7-6-10-19-17(13)20-16(24)12-25-18-22-21-15(23(18)2)11-14-8-4-3-5-9-14/h3-10H,11-12H2,1-2H3,(H,19,20,24). The lowest BCUT2D eigenvalue weighted by Gasteiger charge is -2.07. The first-order valence-electron chi connectivity index (χ1n) is 7.90. The summed E-state index contributed by atoms with van der Waals surface area (Å²) in [4.78, 5) is 16.3.